The SMILES string of the molecule is CC[C@@H]1C=C[C@@H](NC(=O)OCc2ccccc2)[C@@H](O[C@H]2[C@H](O[C@@H]3O[C@H](CC)[C@@H](O[C@H]4O[C@H](CC)C=C[C@H]4NC(=O)OCc4ccccc4)[C@H]3O)[C@@H](O)[C@H](NC(=O)OCc3ccccc3)C[C@@H]2C)O1. The molecule has 68 heavy (non-hydrogen) atoms. The standard InChI is InChI=1S/C51H65N3O14/c1-5-35-23-25-37(52-49(57)60-28-32-17-11-8-12-18-32)46(63-35)66-43-31(4)27-39(54-51(59)62-30-34-21-15-10-16-22-34)41(55)45(43)68-48-42(56)44(40(7-3)65-48)67-47-38(26-24-36(6-2)64-47)53-50(58)61-29-33-19-13-9-14-20-33/h8-26,31,35-48,55-56H,5-7,27-30H2,1-4H3,(H,52,57)(H,53,58)(H,54,59)/t31-,35+,36+,37+,38+,39+,40+,41-,42+,43+,44+,45+,46+,47+,48-/m0/s1. The predicted octanol–water partition coefficient (Wildman–Crippen LogP) is 6.31. The Hall–Kier alpha value is -5.37. The molecule has 0 aromatic heterocycles. The summed E-state index contributed by atoms with van der Waals surface area (Å²) in [5, 5.41) is 32.7. The molecule has 3 aromatic carbocycles. The van der Waals surface area contributed by atoms with Crippen LogP contribution in [-0.2, 0) is 62.5 Å². The van der Waals surface area contributed by atoms with Gasteiger partial charge < -0.3 is 68.8 Å². The van der Waals surface area contributed by atoms with Gasteiger partial charge in [0.1, 0.15) is 56.3 Å². The molecule has 17 nitrogen and oxygen atoms in total. The molecular formula is C51H65N3O14. The van der Waals surface area contributed by atoms with Crippen LogP contribution in [0.1, 0.15) is 70.1 Å². The van der Waals surface area contributed by atoms with Crippen LogP contribution in [0.15, 0.2) is 115 Å². The molecular weight excluding hydrogens is 879 g/mol. The predicted molar refractivity (Wildman–Crippen MR) is 246 cm³/mol. The van der Waals surface area contributed by atoms with Gasteiger partial charge in [0.2, 0.25) is 0 Å². The van der Waals surface area contributed by atoms with Crippen molar-refractivity contribution < 1.29 is 67.2 Å². The number of hydrogen-bond acceptors (Lipinski definition) is 14. The van der Waals surface area contributed by atoms with E-state index in [9.17, 15) is 24.6 Å². The lowest BCUT2D eigenvalue weighted by Crippen LogP contribution is -2.63. The van der Waals surface area contributed by atoms with Gasteiger partial charge in [0.05, 0.1) is 30.5 Å². The van der Waals surface area contributed by atoms with Crippen LogP contribution in [0, 0.1) is 5.92 Å². The highest BCUT2D eigenvalue weighted by atomic mass is 16.8. The second kappa shape index (κ2) is 24.8. The first-order chi connectivity index (χ1) is 33.0. The van der Waals surface area contributed by atoms with Crippen molar-refractivity contribution in [2.45, 2.75) is 159 Å². The monoisotopic (exact) mass is 943 g/mol. The lowest BCUT2D eigenvalue weighted by molar-refractivity contribution is -0.286. The van der Waals surface area contributed by atoms with Gasteiger partial charge in [-0.2, -0.15) is 0 Å². The van der Waals surface area contributed by atoms with Crippen molar-refractivity contribution in [3.63, 3.8) is 0 Å². The molecule has 4 aliphatic rings. The van der Waals surface area contributed by atoms with Crippen molar-refractivity contribution in [3.05, 3.63) is 132 Å². The maximum atomic E-state index is 13.2. The van der Waals surface area contributed by atoms with Gasteiger partial charge in [0.15, 0.2) is 18.9 Å². The van der Waals surface area contributed by atoms with Crippen molar-refractivity contribution in [2.24, 2.45) is 5.92 Å². The number of nitrogens with one attached hydrogen (secondary N) is 3. The second-order valence-electron chi connectivity index (χ2n) is 17.4. The molecule has 0 bridgehead atoms. The molecule has 2 fully saturated rings. The van der Waals surface area contributed by atoms with Gasteiger partial charge in [-0.1, -0.05) is 143 Å². The first kappa shape index (κ1) is 50.5. The smallest absolute Gasteiger partial charge is 0.408 e. The maximum Gasteiger partial charge on any atom is 0.408 e. The first-order valence-electron chi connectivity index (χ1n) is 23.6. The van der Waals surface area contributed by atoms with Crippen LogP contribution in [-0.4, -0.2) is 114 Å². The van der Waals surface area contributed by atoms with Gasteiger partial charge in [-0.3, -0.25) is 0 Å². The van der Waals surface area contributed by atoms with Crippen molar-refractivity contribution in [1.82, 2.24) is 16.0 Å². The van der Waals surface area contributed by atoms with Crippen molar-refractivity contribution >= 4 is 18.3 Å². The number of aliphatic hydroxyl groups is 2. The summed E-state index contributed by atoms with van der Waals surface area (Å²) in [5.74, 6) is -0.419. The number of rotatable bonds is 18. The Morgan fingerprint density at radius 3 is 1.40 bits per heavy atom. The lowest BCUT2D eigenvalue weighted by atomic mass is 9.80. The summed E-state index contributed by atoms with van der Waals surface area (Å²) in [6.07, 6.45) is -4.01. The van der Waals surface area contributed by atoms with E-state index in [1.807, 2.05) is 131 Å². The van der Waals surface area contributed by atoms with Gasteiger partial charge in [-0.15, -0.1) is 0 Å². The number of hydrogen-bond donors (Lipinski definition) is 5. The highest BCUT2D eigenvalue weighted by molar-refractivity contribution is 5.69. The highest BCUT2D eigenvalue weighted by Crippen LogP contribution is 2.37. The molecule has 0 radical (unpaired) electrons. The van der Waals surface area contributed by atoms with E-state index in [0.29, 0.717) is 19.3 Å². The Kier molecular flexibility index (Phi) is 18.4. The van der Waals surface area contributed by atoms with E-state index >= 15 is 0 Å². The molecule has 1 saturated heterocycles. The van der Waals surface area contributed by atoms with Gasteiger partial charge in [-0.05, 0) is 48.3 Å². The zero-order valence-electron chi connectivity index (χ0n) is 38.9. The van der Waals surface area contributed by atoms with Crippen LogP contribution >= 0.6 is 0 Å². The molecule has 0 unspecified atom stereocenters. The number of aliphatic hydroxyl groups excluding tert-OH is 2. The summed E-state index contributed by atoms with van der Waals surface area (Å²) >= 11 is 0. The number of carbonyl (C=O) groups is 3. The van der Waals surface area contributed by atoms with Crippen molar-refractivity contribution in [3.8, 4) is 0 Å². The fourth-order valence-electron chi connectivity index (χ4n) is 8.64. The molecule has 1 saturated carbocycles. The average Bonchev–Trinajstić information content (AvgIpc) is 3.66. The van der Waals surface area contributed by atoms with Crippen LogP contribution in [0.4, 0.5) is 14.4 Å². The largest absolute Gasteiger partial charge is 0.445 e. The summed E-state index contributed by atoms with van der Waals surface area (Å²) in [5.41, 5.74) is 2.42. The van der Waals surface area contributed by atoms with Gasteiger partial charge in [0, 0.05) is 0 Å². The second-order valence-corrected chi connectivity index (χ2v) is 17.4. The van der Waals surface area contributed by atoms with Gasteiger partial charge >= 0.3 is 18.3 Å². The zero-order chi connectivity index (χ0) is 48.0. The number of carbonyl (C=O) groups excluding carboxylic acids is 3. The van der Waals surface area contributed by atoms with Crippen LogP contribution < -0.4 is 16.0 Å². The number of amides is 3. The molecule has 3 aliphatic heterocycles. The minimum absolute atomic E-state index is 0.0106. The fraction of sp³-hybridized carbons (Fsp3) is 0.510. The Labute approximate surface area is 397 Å². The normalized spacial score (nSPS) is 32.2. The summed E-state index contributed by atoms with van der Waals surface area (Å²) < 4.78 is 55.4. The third kappa shape index (κ3) is 13.7. The maximum absolute atomic E-state index is 13.2. The third-order valence-corrected chi connectivity index (χ3v) is 12.4. The van der Waals surface area contributed by atoms with E-state index < -0.39 is 97.8 Å². The molecule has 3 aromatic rings. The van der Waals surface area contributed by atoms with Crippen LogP contribution in [0.5, 0.6) is 0 Å². The van der Waals surface area contributed by atoms with Crippen LogP contribution in [0.25, 0.3) is 0 Å². The Morgan fingerprint density at radius 2 is 0.956 bits per heavy atom. The minimum Gasteiger partial charge on any atom is -0.445 e. The molecule has 1 aliphatic carbocycles. The number of benzene rings is 3. The molecule has 7 rings (SSSR count). The quantitative estimate of drug-likeness (QED) is 0.0700. The van der Waals surface area contributed by atoms with Gasteiger partial charge in [0.25, 0.3) is 0 Å². The highest BCUT2D eigenvalue weighted by Gasteiger charge is 2.53. The third-order valence-electron chi connectivity index (χ3n) is 12.4. The van der Waals surface area contributed by atoms with E-state index in [2.05, 4.69) is 16.0 Å². The molecule has 17 heteroatoms. The van der Waals surface area contributed by atoms with Crippen molar-refractivity contribution in [2.75, 3.05) is 0 Å². The van der Waals surface area contributed by atoms with Crippen LogP contribution in [0.2, 0.25) is 0 Å². The first-order valence-corrected chi connectivity index (χ1v) is 23.6. The summed E-state index contributed by atoms with van der Waals surface area (Å²) in [7, 11) is 0. The minimum atomic E-state index is -1.43. The Balaban J connectivity index is 1.08. The number of ether oxygens (including phenoxy) is 9. The molecule has 368 valence electrons. The van der Waals surface area contributed by atoms with Crippen molar-refractivity contribution in [1.29, 1.82) is 0 Å². The molecule has 15 atom stereocenters. The zero-order valence-corrected chi connectivity index (χ0v) is 38.9. The number of alkyl carbamates (subject to hydrolysis) is 3. The summed E-state index contributed by atoms with van der Waals surface area (Å²) in [4.78, 5) is 39.4. The van der Waals surface area contributed by atoms with Gasteiger partial charge in [-0.25, -0.2) is 14.4 Å². The average molecular weight is 944 g/mol. The van der Waals surface area contributed by atoms with E-state index in [1.165, 1.54) is 0 Å². The van der Waals surface area contributed by atoms with Crippen LogP contribution in [0.3, 0.4) is 0 Å². The van der Waals surface area contributed by atoms with E-state index in [-0.39, 0.29) is 38.4 Å². The van der Waals surface area contributed by atoms with E-state index in [1.54, 1.807) is 12.2 Å². The lowest BCUT2D eigenvalue weighted by Gasteiger charge is -2.46. The fourth-order valence-corrected chi connectivity index (χ4v) is 8.64. The Morgan fingerprint density at radius 1 is 0.529 bits per heavy atom. The summed E-state index contributed by atoms with van der Waals surface area (Å²) in [6, 6.07) is 25.3. The molecule has 3 heterocycles. The molecule has 5 N–H and O–H groups in total. The topological polar surface area (TPSA) is 211 Å². The van der Waals surface area contributed by atoms with E-state index in [4.69, 9.17) is 42.6 Å². The molecule has 3 amide bonds. The summed E-state index contributed by atoms with van der Waals surface area (Å²) in [6.45, 7) is 7.77. The Bertz CT molecular complexity index is 2100. The molecule has 0 spiro atoms. The van der Waals surface area contributed by atoms with E-state index in [0.717, 1.165) is 16.7 Å².